The Morgan fingerprint density at radius 3 is 2.00 bits per heavy atom. The summed E-state index contributed by atoms with van der Waals surface area (Å²) < 4.78 is 12.9. The molecule has 1 aliphatic heterocycles. The first-order valence-electron chi connectivity index (χ1n) is 7.21. The normalized spacial score (nSPS) is 22.4. The molecule has 0 radical (unpaired) electrons. The van der Waals surface area contributed by atoms with Gasteiger partial charge in [0.1, 0.15) is 5.82 Å². The summed E-state index contributed by atoms with van der Waals surface area (Å²) in [5.41, 5.74) is 0.371. The molecule has 3 nitrogen and oxygen atoms in total. The fraction of sp³-hybridized carbons (Fsp3) is 0.500. The first kappa shape index (κ1) is 13.3. The third kappa shape index (κ3) is 2.35. The average molecular weight is 275 g/mol. The van der Waals surface area contributed by atoms with Crippen molar-refractivity contribution in [2.75, 3.05) is 4.90 Å². The summed E-state index contributed by atoms with van der Waals surface area (Å²) in [5, 5.41) is 0. The van der Waals surface area contributed by atoms with E-state index in [-0.39, 0.29) is 23.0 Å². The number of carbonyl (C=O) groups is 2. The van der Waals surface area contributed by atoms with E-state index in [0.717, 1.165) is 25.7 Å². The van der Waals surface area contributed by atoms with Gasteiger partial charge in [0, 0.05) is 12.8 Å². The van der Waals surface area contributed by atoms with Gasteiger partial charge in [0.15, 0.2) is 0 Å². The molecule has 0 unspecified atom stereocenters. The molecule has 1 spiro atoms. The van der Waals surface area contributed by atoms with Crippen LogP contribution in [0.5, 0.6) is 0 Å². The minimum Gasteiger partial charge on any atom is -0.274 e. The van der Waals surface area contributed by atoms with Crippen LogP contribution in [0.1, 0.15) is 44.9 Å². The molecule has 0 N–H and O–H groups in total. The third-order valence-electron chi connectivity index (χ3n) is 4.55. The number of nitrogens with zero attached hydrogens (tertiary/aromatic N) is 1. The monoisotopic (exact) mass is 275 g/mol. The number of imide groups is 1. The molecular weight excluding hydrogens is 257 g/mol. The Hall–Kier alpha value is -1.71. The lowest BCUT2D eigenvalue weighted by Gasteiger charge is -2.42. The van der Waals surface area contributed by atoms with Crippen LogP contribution in [0.25, 0.3) is 0 Å². The van der Waals surface area contributed by atoms with E-state index >= 15 is 0 Å². The van der Waals surface area contributed by atoms with Gasteiger partial charge in [0.25, 0.3) is 0 Å². The molecule has 1 aromatic carbocycles. The first-order chi connectivity index (χ1) is 9.60. The topological polar surface area (TPSA) is 37.4 Å². The summed E-state index contributed by atoms with van der Waals surface area (Å²) >= 11 is 0. The molecule has 1 saturated heterocycles. The molecule has 1 aliphatic carbocycles. The molecule has 20 heavy (non-hydrogen) atoms. The number of rotatable bonds is 1. The van der Waals surface area contributed by atoms with Crippen molar-refractivity contribution in [1.29, 1.82) is 0 Å². The Morgan fingerprint density at radius 2 is 1.45 bits per heavy atom. The predicted molar refractivity (Wildman–Crippen MR) is 73.6 cm³/mol. The van der Waals surface area contributed by atoms with E-state index in [9.17, 15) is 14.0 Å². The second-order valence-corrected chi connectivity index (χ2v) is 6.01. The molecule has 106 valence electrons. The lowest BCUT2D eigenvalue weighted by atomic mass is 9.67. The number of amides is 2. The molecule has 2 amide bonds. The third-order valence-corrected chi connectivity index (χ3v) is 4.55. The Morgan fingerprint density at radius 1 is 0.900 bits per heavy atom. The second kappa shape index (κ2) is 5.00. The molecule has 1 saturated carbocycles. The quantitative estimate of drug-likeness (QED) is 0.736. The summed E-state index contributed by atoms with van der Waals surface area (Å²) in [5.74, 6) is -0.654. The Balaban J connectivity index is 1.83. The van der Waals surface area contributed by atoms with Crippen LogP contribution in [0.2, 0.25) is 0 Å². The zero-order valence-electron chi connectivity index (χ0n) is 11.4. The van der Waals surface area contributed by atoms with Gasteiger partial charge in [-0.25, -0.2) is 4.39 Å². The van der Waals surface area contributed by atoms with Crippen LogP contribution >= 0.6 is 0 Å². The Bertz CT molecular complexity index is 512. The van der Waals surface area contributed by atoms with Crippen LogP contribution in [-0.4, -0.2) is 11.8 Å². The van der Waals surface area contributed by atoms with Crippen LogP contribution in [0, 0.1) is 11.2 Å². The van der Waals surface area contributed by atoms with Gasteiger partial charge in [0.2, 0.25) is 11.8 Å². The predicted octanol–water partition coefficient (Wildman–Crippen LogP) is 3.43. The summed E-state index contributed by atoms with van der Waals surface area (Å²) in [6, 6.07) is 5.54. The number of anilines is 1. The molecule has 2 aliphatic rings. The Labute approximate surface area is 117 Å². The number of halogens is 1. The van der Waals surface area contributed by atoms with Crippen LogP contribution < -0.4 is 4.90 Å². The van der Waals surface area contributed by atoms with Gasteiger partial charge in [-0.3, -0.25) is 14.5 Å². The maximum absolute atomic E-state index is 12.9. The van der Waals surface area contributed by atoms with Crippen molar-refractivity contribution < 1.29 is 14.0 Å². The van der Waals surface area contributed by atoms with Crippen molar-refractivity contribution in [3.8, 4) is 0 Å². The number of benzene rings is 1. The fourth-order valence-corrected chi connectivity index (χ4v) is 3.53. The van der Waals surface area contributed by atoms with Crippen LogP contribution in [0.4, 0.5) is 10.1 Å². The Kier molecular flexibility index (Phi) is 3.32. The van der Waals surface area contributed by atoms with Crippen molar-refractivity contribution in [3.63, 3.8) is 0 Å². The van der Waals surface area contributed by atoms with E-state index in [2.05, 4.69) is 0 Å². The number of carbonyl (C=O) groups excluding carboxylic acids is 2. The minimum atomic E-state index is -0.366. The fourth-order valence-electron chi connectivity index (χ4n) is 3.53. The highest BCUT2D eigenvalue weighted by Gasteiger charge is 2.44. The lowest BCUT2D eigenvalue weighted by Crippen LogP contribution is -2.48. The van der Waals surface area contributed by atoms with E-state index in [1.54, 1.807) is 0 Å². The highest BCUT2D eigenvalue weighted by Crippen LogP contribution is 2.46. The van der Waals surface area contributed by atoms with E-state index in [1.165, 1.54) is 35.6 Å². The molecule has 1 heterocycles. The van der Waals surface area contributed by atoms with Crippen molar-refractivity contribution >= 4 is 17.5 Å². The summed E-state index contributed by atoms with van der Waals surface area (Å²) in [7, 11) is 0. The molecule has 1 aromatic rings. The largest absolute Gasteiger partial charge is 0.274 e. The SMILES string of the molecule is O=C1CC2(CCCCC2)CC(=O)N1c1ccc(F)cc1. The standard InChI is InChI=1S/C16H18FNO2/c17-12-4-6-13(7-5-12)18-14(19)10-16(11-15(18)20)8-2-1-3-9-16/h4-7H,1-3,8-11H2. The first-order valence-corrected chi connectivity index (χ1v) is 7.21. The molecule has 4 heteroatoms. The van der Waals surface area contributed by atoms with Crippen molar-refractivity contribution in [2.45, 2.75) is 44.9 Å². The van der Waals surface area contributed by atoms with Gasteiger partial charge < -0.3 is 0 Å². The zero-order chi connectivity index (χ0) is 14.2. The molecule has 0 aromatic heterocycles. The molecule has 2 fully saturated rings. The summed E-state index contributed by atoms with van der Waals surface area (Å²) in [4.78, 5) is 26.0. The van der Waals surface area contributed by atoms with Gasteiger partial charge in [-0.15, -0.1) is 0 Å². The second-order valence-electron chi connectivity index (χ2n) is 6.01. The minimum absolute atomic E-state index is 0.108. The van der Waals surface area contributed by atoms with E-state index in [1.807, 2.05) is 0 Å². The summed E-state index contributed by atoms with van der Waals surface area (Å²) in [6.07, 6.45) is 6.25. The van der Waals surface area contributed by atoms with Crippen molar-refractivity contribution in [2.24, 2.45) is 5.41 Å². The number of piperidine rings is 1. The van der Waals surface area contributed by atoms with E-state index in [4.69, 9.17) is 0 Å². The molecular formula is C16H18FNO2. The molecule has 0 bridgehead atoms. The summed E-state index contributed by atoms with van der Waals surface area (Å²) in [6.45, 7) is 0. The van der Waals surface area contributed by atoms with Crippen LogP contribution in [0.3, 0.4) is 0 Å². The molecule has 3 rings (SSSR count). The number of hydrogen-bond acceptors (Lipinski definition) is 2. The van der Waals surface area contributed by atoms with E-state index in [0.29, 0.717) is 18.5 Å². The van der Waals surface area contributed by atoms with E-state index < -0.39 is 0 Å². The van der Waals surface area contributed by atoms with Crippen LogP contribution in [-0.2, 0) is 9.59 Å². The maximum atomic E-state index is 12.9. The lowest BCUT2D eigenvalue weighted by molar-refractivity contribution is -0.134. The van der Waals surface area contributed by atoms with Gasteiger partial charge in [0.05, 0.1) is 5.69 Å². The van der Waals surface area contributed by atoms with Crippen LogP contribution in [0.15, 0.2) is 24.3 Å². The highest BCUT2D eigenvalue weighted by atomic mass is 19.1. The highest BCUT2D eigenvalue weighted by molar-refractivity contribution is 6.16. The average Bonchev–Trinajstić information content (AvgIpc) is 2.41. The smallest absolute Gasteiger partial charge is 0.234 e. The molecule has 0 atom stereocenters. The van der Waals surface area contributed by atoms with Gasteiger partial charge >= 0.3 is 0 Å². The van der Waals surface area contributed by atoms with Crippen molar-refractivity contribution in [3.05, 3.63) is 30.1 Å². The maximum Gasteiger partial charge on any atom is 0.234 e. The van der Waals surface area contributed by atoms with Crippen molar-refractivity contribution in [1.82, 2.24) is 0 Å². The number of hydrogen-bond donors (Lipinski definition) is 0. The van der Waals surface area contributed by atoms with Gasteiger partial charge in [-0.05, 0) is 42.5 Å². The zero-order valence-corrected chi connectivity index (χ0v) is 11.4. The van der Waals surface area contributed by atoms with Gasteiger partial charge in [-0.2, -0.15) is 0 Å². The van der Waals surface area contributed by atoms with Gasteiger partial charge in [-0.1, -0.05) is 19.3 Å².